The highest BCUT2D eigenvalue weighted by Gasteiger charge is 2.16. The zero-order chi connectivity index (χ0) is 14.7. The molecule has 0 bridgehead atoms. The van der Waals surface area contributed by atoms with Crippen LogP contribution < -0.4 is 11.3 Å². The summed E-state index contributed by atoms with van der Waals surface area (Å²) >= 11 is 0. The summed E-state index contributed by atoms with van der Waals surface area (Å²) in [5.74, 6) is 3.88. The molecule has 0 aliphatic rings. The molecule has 0 saturated heterocycles. The number of hydrogen-bond donors (Lipinski definition) is 2. The lowest BCUT2D eigenvalue weighted by atomic mass is 10.0. The number of halogens is 2. The zero-order valence-electron chi connectivity index (χ0n) is 11.5. The molecule has 0 aliphatic carbocycles. The molecule has 1 heterocycles. The van der Waals surface area contributed by atoms with Crippen molar-refractivity contribution in [2.75, 3.05) is 0 Å². The van der Waals surface area contributed by atoms with Gasteiger partial charge in [0.1, 0.15) is 0 Å². The first kappa shape index (κ1) is 14.6. The predicted octanol–water partition coefficient (Wildman–Crippen LogP) is 2.01. The van der Waals surface area contributed by atoms with Crippen LogP contribution in [0.4, 0.5) is 8.78 Å². The minimum absolute atomic E-state index is 0.210. The fourth-order valence-corrected chi connectivity index (χ4v) is 2.19. The van der Waals surface area contributed by atoms with Gasteiger partial charge in [-0.1, -0.05) is 13.0 Å². The van der Waals surface area contributed by atoms with E-state index in [1.165, 1.54) is 6.07 Å². The molecule has 0 amide bonds. The zero-order valence-corrected chi connectivity index (χ0v) is 11.5. The van der Waals surface area contributed by atoms with Crippen molar-refractivity contribution in [2.24, 2.45) is 12.9 Å². The van der Waals surface area contributed by atoms with Gasteiger partial charge in [0.2, 0.25) is 0 Å². The summed E-state index contributed by atoms with van der Waals surface area (Å²) in [6, 6.07) is 5.62. The van der Waals surface area contributed by atoms with Crippen LogP contribution in [-0.4, -0.2) is 9.78 Å². The normalized spacial score (nSPS) is 12.7. The van der Waals surface area contributed by atoms with Gasteiger partial charge in [-0.15, -0.1) is 0 Å². The highest BCUT2D eigenvalue weighted by Crippen LogP contribution is 2.20. The Bertz CT molecular complexity index is 595. The first-order valence-corrected chi connectivity index (χ1v) is 6.48. The number of hydrazine groups is 1. The number of nitrogens with two attached hydrogens (primary N) is 1. The molecule has 1 aromatic heterocycles. The minimum atomic E-state index is -0.850. The Morgan fingerprint density at radius 1 is 1.30 bits per heavy atom. The number of aromatic nitrogens is 2. The first-order valence-electron chi connectivity index (χ1n) is 6.48. The van der Waals surface area contributed by atoms with Gasteiger partial charge in [-0.2, -0.15) is 5.10 Å². The van der Waals surface area contributed by atoms with Crippen molar-refractivity contribution in [1.29, 1.82) is 0 Å². The molecule has 1 unspecified atom stereocenters. The SMILES string of the molecule is CCc1cc(C(Cc2ccc(F)c(F)c2)NN)n(C)n1. The highest BCUT2D eigenvalue weighted by molar-refractivity contribution is 5.22. The van der Waals surface area contributed by atoms with E-state index in [0.717, 1.165) is 23.9 Å². The summed E-state index contributed by atoms with van der Waals surface area (Å²) in [6.07, 6.45) is 1.28. The van der Waals surface area contributed by atoms with Gasteiger partial charge >= 0.3 is 0 Å². The second kappa shape index (κ2) is 6.11. The summed E-state index contributed by atoms with van der Waals surface area (Å²) in [5.41, 5.74) is 5.25. The third kappa shape index (κ3) is 3.02. The molecule has 0 fully saturated rings. The summed E-state index contributed by atoms with van der Waals surface area (Å²) in [7, 11) is 1.84. The van der Waals surface area contributed by atoms with E-state index in [-0.39, 0.29) is 6.04 Å². The van der Waals surface area contributed by atoms with Crippen molar-refractivity contribution >= 4 is 0 Å². The van der Waals surface area contributed by atoms with Crippen LogP contribution in [0.2, 0.25) is 0 Å². The fourth-order valence-electron chi connectivity index (χ4n) is 2.19. The molecular weight excluding hydrogens is 262 g/mol. The summed E-state index contributed by atoms with van der Waals surface area (Å²) in [4.78, 5) is 0. The van der Waals surface area contributed by atoms with Crippen molar-refractivity contribution in [3.8, 4) is 0 Å². The van der Waals surface area contributed by atoms with E-state index in [0.29, 0.717) is 12.0 Å². The van der Waals surface area contributed by atoms with E-state index in [4.69, 9.17) is 5.84 Å². The minimum Gasteiger partial charge on any atom is -0.271 e. The topological polar surface area (TPSA) is 55.9 Å². The van der Waals surface area contributed by atoms with Gasteiger partial charge in [-0.25, -0.2) is 8.78 Å². The molecule has 0 aliphatic heterocycles. The van der Waals surface area contributed by atoms with Gasteiger partial charge in [-0.05, 0) is 36.6 Å². The smallest absolute Gasteiger partial charge is 0.159 e. The van der Waals surface area contributed by atoms with E-state index >= 15 is 0 Å². The van der Waals surface area contributed by atoms with Gasteiger partial charge in [0.25, 0.3) is 0 Å². The molecule has 108 valence electrons. The summed E-state index contributed by atoms with van der Waals surface area (Å²) < 4.78 is 27.9. The van der Waals surface area contributed by atoms with Gasteiger partial charge < -0.3 is 0 Å². The molecule has 2 aromatic rings. The van der Waals surface area contributed by atoms with Crippen LogP contribution >= 0.6 is 0 Å². The number of nitrogens with one attached hydrogen (secondary N) is 1. The van der Waals surface area contributed by atoms with Crippen molar-refractivity contribution in [2.45, 2.75) is 25.8 Å². The van der Waals surface area contributed by atoms with Gasteiger partial charge in [0, 0.05) is 7.05 Å². The third-order valence-corrected chi connectivity index (χ3v) is 3.31. The highest BCUT2D eigenvalue weighted by atomic mass is 19.2. The van der Waals surface area contributed by atoms with E-state index in [9.17, 15) is 8.78 Å². The molecule has 0 spiro atoms. The quantitative estimate of drug-likeness (QED) is 0.650. The lowest BCUT2D eigenvalue weighted by Crippen LogP contribution is -2.31. The van der Waals surface area contributed by atoms with E-state index in [1.54, 1.807) is 10.7 Å². The molecule has 6 heteroatoms. The summed E-state index contributed by atoms with van der Waals surface area (Å²) in [5, 5.41) is 4.36. The molecule has 20 heavy (non-hydrogen) atoms. The van der Waals surface area contributed by atoms with Crippen molar-refractivity contribution in [1.82, 2.24) is 15.2 Å². The predicted molar refractivity (Wildman–Crippen MR) is 72.7 cm³/mol. The second-order valence-electron chi connectivity index (χ2n) is 4.71. The molecular formula is C14H18F2N4. The Hall–Kier alpha value is -1.79. The van der Waals surface area contributed by atoms with Crippen molar-refractivity contribution in [3.63, 3.8) is 0 Å². The maximum Gasteiger partial charge on any atom is 0.159 e. The first-order chi connectivity index (χ1) is 9.55. The average molecular weight is 280 g/mol. The Morgan fingerprint density at radius 2 is 2.05 bits per heavy atom. The van der Waals surface area contributed by atoms with Crippen LogP contribution in [0.1, 0.15) is 29.9 Å². The van der Waals surface area contributed by atoms with E-state index in [1.807, 2.05) is 20.0 Å². The van der Waals surface area contributed by atoms with E-state index in [2.05, 4.69) is 10.5 Å². The van der Waals surface area contributed by atoms with Crippen LogP contribution in [0.25, 0.3) is 0 Å². The largest absolute Gasteiger partial charge is 0.271 e. The number of rotatable bonds is 5. The van der Waals surface area contributed by atoms with Gasteiger partial charge in [0.15, 0.2) is 11.6 Å². The number of benzene rings is 1. The number of hydrogen-bond acceptors (Lipinski definition) is 3. The lowest BCUT2D eigenvalue weighted by molar-refractivity contribution is 0.493. The molecule has 1 atom stereocenters. The molecule has 3 N–H and O–H groups in total. The van der Waals surface area contributed by atoms with Crippen LogP contribution in [0, 0.1) is 11.6 Å². The van der Waals surface area contributed by atoms with Crippen LogP contribution in [0.15, 0.2) is 24.3 Å². The second-order valence-corrected chi connectivity index (χ2v) is 4.71. The Morgan fingerprint density at radius 3 is 2.60 bits per heavy atom. The monoisotopic (exact) mass is 280 g/mol. The Balaban J connectivity index is 2.23. The van der Waals surface area contributed by atoms with Gasteiger partial charge in [-0.3, -0.25) is 16.0 Å². The summed E-state index contributed by atoms with van der Waals surface area (Å²) in [6.45, 7) is 2.02. The molecule has 2 rings (SSSR count). The fraction of sp³-hybridized carbons (Fsp3) is 0.357. The van der Waals surface area contributed by atoms with Crippen LogP contribution in [-0.2, 0) is 19.9 Å². The molecule has 0 saturated carbocycles. The molecule has 1 aromatic carbocycles. The van der Waals surface area contributed by atoms with Crippen molar-refractivity contribution in [3.05, 3.63) is 52.9 Å². The van der Waals surface area contributed by atoms with E-state index < -0.39 is 11.6 Å². The number of aryl methyl sites for hydroxylation is 2. The van der Waals surface area contributed by atoms with Crippen LogP contribution in [0.5, 0.6) is 0 Å². The molecule has 4 nitrogen and oxygen atoms in total. The average Bonchev–Trinajstić information content (AvgIpc) is 2.81. The van der Waals surface area contributed by atoms with Gasteiger partial charge in [0.05, 0.1) is 17.4 Å². The Labute approximate surface area is 116 Å². The van der Waals surface area contributed by atoms with Crippen molar-refractivity contribution < 1.29 is 8.78 Å². The van der Waals surface area contributed by atoms with Crippen LogP contribution in [0.3, 0.4) is 0 Å². The maximum atomic E-state index is 13.2. The Kier molecular flexibility index (Phi) is 4.46. The standard InChI is InChI=1S/C14H18F2N4/c1-3-10-8-14(20(2)19-10)13(18-17)7-9-4-5-11(15)12(16)6-9/h4-6,8,13,18H,3,7,17H2,1-2H3. The third-order valence-electron chi connectivity index (χ3n) is 3.31. The lowest BCUT2D eigenvalue weighted by Gasteiger charge is -2.16. The maximum absolute atomic E-state index is 13.2. The number of nitrogens with zero attached hydrogens (tertiary/aromatic N) is 2. The molecule has 0 radical (unpaired) electrons.